The molecule has 0 aliphatic carbocycles. The van der Waals surface area contributed by atoms with E-state index < -0.39 is 0 Å². The summed E-state index contributed by atoms with van der Waals surface area (Å²) in [5.74, 6) is 0. The van der Waals surface area contributed by atoms with Crippen molar-refractivity contribution in [1.29, 1.82) is 0 Å². The molecule has 1 aliphatic heterocycles. The van der Waals surface area contributed by atoms with Gasteiger partial charge in [0.05, 0.1) is 6.10 Å². The van der Waals surface area contributed by atoms with E-state index in [0.717, 1.165) is 12.1 Å². The van der Waals surface area contributed by atoms with Crippen molar-refractivity contribution >= 4 is 0 Å². The van der Waals surface area contributed by atoms with Crippen LogP contribution in [0.3, 0.4) is 0 Å². The zero-order valence-corrected chi connectivity index (χ0v) is 6.48. The van der Waals surface area contributed by atoms with Gasteiger partial charge in [-0.25, -0.2) is 0 Å². The maximum Gasteiger partial charge on any atom is 0.1000 e. The van der Waals surface area contributed by atoms with E-state index >= 15 is 0 Å². The van der Waals surface area contributed by atoms with E-state index in [0.29, 0.717) is 0 Å². The Morgan fingerprint density at radius 2 is 2.50 bits per heavy atom. The van der Waals surface area contributed by atoms with Crippen molar-refractivity contribution < 1.29 is 4.74 Å². The first-order valence-corrected chi connectivity index (χ1v) is 3.38. The Balaban J connectivity index is 2.62. The van der Waals surface area contributed by atoms with Gasteiger partial charge >= 0.3 is 0 Å². The molecule has 0 amide bonds. The van der Waals surface area contributed by atoms with E-state index in [1.165, 1.54) is 5.57 Å². The van der Waals surface area contributed by atoms with Gasteiger partial charge in [-0.05, 0) is 13.1 Å². The Morgan fingerprint density at radius 1 is 1.80 bits per heavy atom. The van der Waals surface area contributed by atoms with Crippen LogP contribution >= 0.6 is 0 Å². The van der Waals surface area contributed by atoms with Gasteiger partial charge < -0.3 is 10.1 Å². The summed E-state index contributed by atoms with van der Waals surface area (Å²) >= 11 is 0. The van der Waals surface area contributed by atoms with Crippen LogP contribution < -0.4 is 5.32 Å². The standard InChI is InChI=1S/C8H13NO/c1-6-4-8(10-3)7(2)9-5-6/h5,8-9H,2,4H2,1,3H3. The summed E-state index contributed by atoms with van der Waals surface area (Å²) in [6, 6.07) is 0. The van der Waals surface area contributed by atoms with Crippen LogP contribution in [0.4, 0.5) is 0 Å². The Morgan fingerprint density at radius 3 is 3.00 bits per heavy atom. The SMILES string of the molecule is C=C1NC=C(C)CC1OC. The summed E-state index contributed by atoms with van der Waals surface area (Å²) in [6.07, 6.45) is 3.09. The topological polar surface area (TPSA) is 21.3 Å². The number of rotatable bonds is 1. The van der Waals surface area contributed by atoms with Crippen molar-refractivity contribution in [2.45, 2.75) is 19.4 Å². The molecule has 1 atom stereocenters. The summed E-state index contributed by atoms with van der Waals surface area (Å²) in [4.78, 5) is 0. The van der Waals surface area contributed by atoms with Crippen LogP contribution in [-0.4, -0.2) is 13.2 Å². The maximum atomic E-state index is 5.17. The first kappa shape index (κ1) is 7.35. The van der Waals surface area contributed by atoms with Crippen LogP contribution in [0.1, 0.15) is 13.3 Å². The summed E-state index contributed by atoms with van der Waals surface area (Å²) < 4.78 is 5.17. The fraction of sp³-hybridized carbons (Fsp3) is 0.500. The highest BCUT2D eigenvalue weighted by atomic mass is 16.5. The Kier molecular flexibility index (Phi) is 2.12. The van der Waals surface area contributed by atoms with E-state index in [-0.39, 0.29) is 6.10 Å². The van der Waals surface area contributed by atoms with Crippen molar-refractivity contribution in [2.24, 2.45) is 0 Å². The van der Waals surface area contributed by atoms with E-state index in [4.69, 9.17) is 4.74 Å². The molecule has 0 aromatic heterocycles. The highest BCUT2D eigenvalue weighted by molar-refractivity contribution is 5.16. The summed E-state index contributed by atoms with van der Waals surface area (Å²) in [6.45, 7) is 5.90. The first-order chi connectivity index (χ1) is 4.74. The third-order valence-corrected chi connectivity index (χ3v) is 1.68. The molecule has 0 bridgehead atoms. The van der Waals surface area contributed by atoms with Gasteiger partial charge in [0.15, 0.2) is 0 Å². The van der Waals surface area contributed by atoms with Crippen molar-refractivity contribution in [3.63, 3.8) is 0 Å². The van der Waals surface area contributed by atoms with Crippen LogP contribution in [0.25, 0.3) is 0 Å². The van der Waals surface area contributed by atoms with Gasteiger partial charge in [-0.15, -0.1) is 0 Å². The maximum absolute atomic E-state index is 5.17. The lowest BCUT2D eigenvalue weighted by atomic mass is 10.1. The number of methoxy groups -OCH3 is 1. The lowest BCUT2D eigenvalue weighted by Crippen LogP contribution is -2.26. The van der Waals surface area contributed by atoms with Gasteiger partial charge in [-0.3, -0.25) is 0 Å². The van der Waals surface area contributed by atoms with Crippen LogP contribution in [0.5, 0.6) is 0 Å². The molecule has 0 spiro atoms. The average Bonchev–Trinajstić information content (AvgIpc) is 1.94. The lowest BCUT2D eigenvalue weighted by molar-refractivity contribution is 0.124. The van der Waals surface area contributed by atoms with Crippen molar-refractivity contribution in [2.75, 3.05) is 7.11 Å². The minimum atomic E-state index is 0.157. The number of hydrogen-bond acceptors (Lipinski definition) is 2. The summed E-state index contributed by atoms with van der Waals surface area (Å²) in [5.41, 5.74) is 2.26. The number of hydrogen-bond donors (Lipinski definition) is 1. The summed E-state index contributed by atoms with van der Waals surface area (Å²) in [5, 5.41) is 3.05. The van der Waals surface area contributed by atoms with E-state index in [2.05, 4.69) is 18.8 Å². The van der Waals surface area contributed by atoms with Crippen LogP contribution in [0.2, 0.25) is 0 Å². The molecule has 1 unspecified atom stereocenters. The lowest BCUT2D eigenvalue weighted by Gasteiger charge is -2.22. The van der Waals surface area contributed by atoms with Crippen molar-refractivity contribution in [1.82, 2.24) is 5.32 Å². The molecule has 2 nitrogen and oxygen atoms in total. The quantitative estimate of drug-likeness (QED) is 0.593. The van der Waals surface area contributed by atoms with E-state index in [9.17, 15) is 0 Å². The Labute approximate surface area is 61.6 Å². The molecule has 0 fully saturated rings. The molecule has 10 heavy (non-hydrogen) atoms. The van der Waals surface area contributed by atoms with Crippen molar-refractivity contribution in [3.8, 4) is 0 Å². The Bertz CT molecular complexity index is 172. The monoisotopic (exact) mass is 139 g/mol. The van der Waals surface area contributed by atoms with Crippen molar-refractivity contribution in [3.05, 3.63) is 24.0 Å². The highest BCUT2D eigenvalue weighted by Crippen LogP contribution is 2.16. The second kappa shape index (κ2) is 2.88. The first-order valence-electron chi connectivity index (χ1n) is 3.38. The molecule has 2 heteroatoms. The van der Waals surface area contributed by atoms with Gasteiger partial charge in [-0.2, -0.15) is 0 Å². The second-order valence-electron chi connectivity index (χ2n) is 2.59. The molecule has 1 N–H and O–H groups in total. The predicted octanol–water partition coefficient (Wildman–Crippen LogP) is 1.41. The second-order valence-corrected chi connectivity index (χ2v) is 2.59. The summed E-state index contributed by atoms with van der Waals surface area (Å²) in [7, 11) is 1.70. The zero-order valence-electron chi connectivity index (χ0n) is 6.48. The smallest absolute Gasteiger partial charge is 0.1000 e. The van der Waals surface area contributed by atoms with E-state index in [1.54, 1.807) is 7.11 Å². The molecule has 0 aromatic carbocycles. The average molecular weight is 139 g/mol. The highest BCUT2D eigenvalue weighted by Gasteiger charge is 2.14. The zero-order chi connectivity index (χ0) is 7.56. The largest absolute Gasteiger partial charge is 0.375 e. The van der Waals surface area contributed by atoms with Gasteiger partial charge in [0.2, 0.25) is 0 Å². The molecule has 1 heterocycles. The molecular weight excluding hydrogens is 126 g/mol. The molecule has 0 aromatic rings. The molecule has 0 radical (unpaired) electrons. The van der Waals surface area contributed by atoms with Gasteiger partial charge in [-0.1, -0.05) is 12.2 Å². The number of ether oxygens (including phenoxy) is 1. The normalized spacial score (nSPS) is 25.6. The molecule has 0 saturated carbocycles. The fourth-order valence-electron chi connectivity index (χ4n) is 1.01. The van der Waals surface area contributed by atoms with Gasteiger partial charge in [0.1, 0.15) is 0 Å². The Hall–Kier alpha value is -0.760. The molecule has 0 saturated heterocycles. The van der Waals surface area contributed by atoms with Crippen LogP contribution in [-0.2, 0) is 4.74 Å². The molecule has 1 rings (SSSR count). The van der Waals surface area contributed by atoms with Gasteiger partial charge in [0, 0.05) is 19.2 Å². The van der Waals surface area contributed by atoms with E-state index in [1.807, 2.05) is 6.20 Å². The fourth-order valence-corrected chi connectivity index (χ4v) is 1.01. The molecular formula is C8H13NO. The molecule has 1 aliphatic rings. The third kappa shape index (κ3) is 1.39. The van der Waals surface area contributed by atoms with Crippen LogP contribution in [0, 0.1) is 0 Å². The number of nitrogens with one attached hydrogen (secondary N) is 1. The minimum Gasteiger partial charge on any atom is -0.375 e. The van der Waals surface area contributed by atoms with Gasteiger partial charge in [0.25, 0.3) is 0 Å². The third-order valence-electron chi connectivity index (χ3n) is 1.68. The molecule has 56 valence electrons. The minimum absolute atomic E-state index is 0.157. The van der Waals surface area contributed by atoms with Crippen LogP contribution in [0.15, 0.2) is 24.0 Å². The predicted molar refractivity (Wildman–Crippen MR) is 41.4 cm³/mol.